The molecule has 2 aromatic heterocycles. The minimum absolute atomic E-state index is 0.124. The molecule has 0 aromatic carbocycles. The predicted molar refractivity (Wildman–Crippen MR) is 79.8 cm³/mol. The number of hydrogen-bond donors (Lipinski definition) is 2. The molecular weight excluding hydrogens is 266 g/mol. The minimum Gasteiger partial charge on any atom is -0.354 e. The van der Waals surface area contributed by atoms with Crippen LogP contribution in [0.4, 0.5) is 5.95 Å². The molecule has 6 nitrogen and oxygen atoms in total. The van der Waals surface area contributed by atoms with Crippen LogP contribution >= 0.6 is 0 Å². The molecular formula is C15H19N5O. The summed E-state index contributed by atoms with van der Waals surface area (Å²) >= 11 is 0. The van der Waals surface area contributed by atoms with Gasteiger partial charge in [0.2, 0.25) is 11.9 Å². The smallest absolute Gasteiger partial charge is 0.220 e. The number of nitrogens with one attached hydrogen (secondary N) is 2. The molecule has 0 radical (unpaired) electrons. The molecule has 1 unspecified atom stereocenters. The van der Waals surface area contributed by atoms with Gasteiger partial charge in [0.05, 0.1) is 17.8 Å². The van der Waals surface area contributed by atoms with Crippen LogP contribution in [-0.2, 0) is 11.8 Å². The highest BCUT2D eigenvalue weighted by molar-refractivity contribution is 5.79. The van der Waals surface area contributed by atoms with Gasteiger partial charge in [-0.1, -0.05) is 6.42 Å². The van der Waals surface area contributed by atoms with Crippen molar-refractivity contribution in [2.45, 2.75) is 31.7 Å². The van der Waals surface area contributed by atoms with Gasteiger partial charge in [-0.2, -0.15) is 0 Å². The van der Waals surface area contributed by atoms with Crippen LogP contribution in [0.15, 0.2) is 18.5 Å². The highest BCUT2D eigenvalue weighted by Gasteiger charge is 2.48. The van der Waals surface area contributed by atoms with Crippen molar-refractivity contribution in [3.63, 3.8) is 0 Å². The quantitative estimate of drug-likeness (QED) is 0.876. The third-order valence-electron chi connectivity index (χ3n) is 5.09. The molecule has 1 saturated heterocycles. The Balaban J connectivity index is 1.64. The summed E-state index contributed by atoms with van der Waals surface area (Å²) in [6.07, 6.45) is 7.67. The molecule has 1 saturated carbocycles. The number of amides is 1. The summed E-state index contributed by atoms with van der Waals surface area (Å²) in [6.45, 7) is 0.681. The second kappa shape index (κ2) is 4.44. The normalized spacial score (nSPS) is 23.9. The first kappa shape index (κ1) is 12.6. The topological polar surface area (TPSA) is 71.8 Å². The van der Waals surface area contributed by atoms with Crippen molar-refractivity contribution in [1.82, 2.24) is 19.9 Å². The summed E-state index contributed by atoms with van der Waals surface area (Å²) in [5.41, 5.74) is 2.08. The van der Waals surface area contributed by atoms with E-state index in [-0.39, 0.29) is 17.4 Å². The Morgan fingerprint density at radius 2 is 2.33 bits per heavy atom. The fraction of sp³-hybridized carbons (Fsp3) is 0.533. The molecule has 3 heterocycles. The third-order valence-corrected chi connectivity index (χ3v) is 5.09. The fourth-order valence-electron chi connectivity index (χ4n) is 3.63. The lowest BCUT2D eigenvalue weighted by Crippen LogP contribution is -2.58. The van der Waals surface area contributed by atoms with Crippen LogP contribution in [0.1, 0.15) is 25.7 Å². The van der Waals surface area contributed by atoms with Crippen molar-refractivity contribution in [1.29, 1.82) is 0 Å². The number of aromatic nitrogens is 3. The highest BCUT2D eigenvalue weighted by atomic mass is 16.1. The molecule has 4 rings (SSSR count). The van der Waals surface area contributed by atoms with Gasteiger partial charge in [0.15, 0.2) is 0 Å². The SMILES string of the molecule is Cn1c(NC2CNC(=O)CC23CCC3)nc2cnccc21. The molecule has 2 aliphatic rings. The Hall–Kier alpha value is -2.11. The Kier molecular flexibility index (Phi) is 2.67. The molecule has 1 aliphatic carbocycles. The van der Waals surface area contributed by atoms with Crippen LogP contribution in [0.3, 0.4) is 0 Å². The van der Waals surface area contributed by atoms with Crippen molar-refractivity contribution in [3.8, 4) is 0 Å². The van der Waals surface area contributed by atoms with Gasteiger partial charge in [0.1, 0.15) is 5.52 Å². The predicted octanol–water partition coefficient (Wildman–Crippen LogP) is 1.44. The number of nitrogens with zero attached hydrogens (tertiary/aromatic N) is 3. The molecule has 0 bridgehead atoms. The molecule has 2 N–H and O–H groups in total. The maximum atomic E-state index is 11.7. The zero-order valence-electron chi connectivity index (χ0n) is 12.1. The Bertz CT molecular complexity index is 703. The van der Waals surface area contributed by atoms with E-state index in [9.17, 15) is 4.79 Å². The average molecular weight is 285 g/mol. The monoisotopic (exact) mass is 285 g/mol. The second-order valence-corrected chi connectivity index (χ2v) is 6.25. The number of imidazole rings is 1. The largest absolute Gasteiger partial charge is 0.354 e. The van der Waals surface area contributed by atoms with Gasteiger partial charge in [0, 0.05) is 31.6 Å². The lowest BCUT2D eigenvalue weighted by molar-refractivity contribution is -0.128. The van der Waals surface area contributed by atoms with Gasteiger partial charge < -0.3 is 15.2 Å². The number of carbonyl (C=O) groups is 1. The zero-order chi connectivity index (χ0) is 14.4. The van der Waals surface area contributed by atoms with Gasteiger partial charge >= 0.3 is 0 Å². The number of rotatable bonds is 2. The molecule has 2 aromatic rings. The van der Waals surface area contributed by atoms with Gasteiger partial charge in [-0.05, 0) is 18.9 Å². The van der Waals surface area contributed by atoms with Crippen molar-refractivity contribution in [2.75, 3.05) is 11.9 Å². The fourth-order valence-corrected chi connectivity index (χ4v) is 3.63. The first-order valence-corrected chi connectivity index (χ1v) is 7.48. The molecule has 1 aliphatic heterocycles. The van der Waals surface area contributed by atoms with Crippen molar-refractivity contribution in [2.24, 2.45) is 12.5 Å². The number of piperidine rings is 1. The van der Waals surface area contributed by atoms with Gasteiger partial charge in [-0.15, -0.1) is 0 Å². The Morgan fingerprint density at radius 3 is 3.05 bits per heavy atom. The van der Waals surface area contributed by atoms with E-state index in [0.29, 0.717) is 13.0 Å². The van der Waals surface area contributed by atoms with Crippen LogP contribution in [0.5, 0.6) is 0 Å². The van der Waals surface area contributed by atoms with E-state index in [1.807, 2.05) is 13.1 Å². The number of aryl methyl sites for hydroxylation is 1. The number of pyridine rings is 1. The second-order valence-electron chi connectivity index (χ2n) is 6.25. The molecule has 21 heavy (non-hydrogen) atoms. The Labute approximate surface area is 123 Å². The van der Waals surface area contributed by atoms with Gasteiger partial charge in [-0.25, -0.2) is 4.98 Å². The molecule has 110 valence electrons. The number of carbonyl (C=O) groups excluding carboxylic acids is 1. The third kappa shape index (κ3) is 1.89. The highest BCUT2D eigenvalue weighted by Crippen LogP contribution is 2.48. The van der Waals surface area contributed by atoms with Crippen molar-refractivity contribution in [3.05, 3.63) is 18.5 Å². The summed E-state index contributed by atoms with van der Waals surface area (Å²) in [4.78, 5) is 20.5. The van der Waals surface area contributed by atoms with Crippen LogP contribution in [-0.4, -0.2) is 33.0 Å². The lowest BCUT2D eigenvalue weighted by atomic mass is 9.60. The van der Waals surface area contributed by atoms with E-state index in [1.54, 1.807) is 12.4 Å². The first-order valence-electron chi connectivity index (χ1n) is 7.48. The molecule has 1 spiro atoms. The summed E-state index contributed by atoms with van der Waals surface area (Å²) in [5, 5.41) is 6.54. The maximum Gasteiger partial charge on any atom is 0.220 e. The zero-order valence-corrected chi connectivity index (χ0v) is 12.1. The van der Waals surface area contributed by atoms with Crippen LogP contribution in [0, 0.1) is 5.41 Å². The minimum atomic E-state index is 0.124. The molecule has 2 fully saturated rings. The van der Waals surface area contributed by atoms with Crippen LogP contribution < -0.4 is 10.6 Å². The van der Waals surface area contributed by atoms with E-state index in [4.69, 9.17) is 0 Å². The lowest BCUT2D eigenvalue weighted by Gasteiger charge is -2.50. The average Bonchev–Trinajstić information content (AvgIpc) is 2.76. The van der Waals surface area contributed by atoms with Crippen molar-refractivity contribution < 1.29 is 4.79 Å². The number of anilines is 1. The van der Waals surface area contributed by atoms with E-state index in [0.717, 1.165) is 29.8 Å². The van der Waals surface area contributed by atoms with Crippen molar-refractivity contribution >= 4 is 22.9 Å². The van der Waals surface area contributed by atoms with Gasteiger partial charge in [0.25, 0.3) is 0 Å². The van der Waals surface area contributed by atoms with E-state index < -0.39 is 0 Å². The summed E-state index contributed by atoms with van der Waals surface area (Å²) in [5.74, 6) is 1.03. The standard InChI is InChI=1S/C15H19N5O/c1-20-11-3-6-16-8-10(11)18-14(20)19-12-9-17-13(21)7-15(12)4-2-5-15/h3,6,8,12H,2,4-5,7,9H2,1H3,(H,17,21)(H,18,19). The molecule has 1 atom stereocenters. The number of hydrogen-bond acceptors (Lipinski definition) is 4. The van der Waals surface area contributed by atoms with Crippen LogP contribution in [0.2, 0.25) is 0 Å². The molecule has 1 amide bonds. The maximum absolute atomic E-state index is 11.7. The van der Waals surface area contributed by atoms with E-state index in [1.165, 1.54) is 6.42 Å². The number of fused-ring (bicyclic) bond motifs is 1. The summed E-state index contributed by atoms with van der Waals surface area (Å²) in [6, 6.07) is 2.22. The van der Waals surface area contributed by atoms with Crippen LogP contribution in [0.25, 0.3) is 11.0 Å². The van der Waals surface area contributed by atoms with E-state index in [2.05, 4.69) is 25.2 Å². The Morgan fingerprint density at radius 1 is 1.48 bits per heavy atom. The molecule has 6 heteroatoms. The van der Waals surface area contributed by atoms with Gasteiger partial charge in [-0.3, -0.25) is 9.78 Å². The van der Waals surface area contributed by atoms with E-state index >= 15 is 0 Å². The first-order chi connectivity index (χ1) is 10.2. The summed E-state index contributed by atoms with van der Waals surface area (Å²) < 4.78 is 2.06. The summed E-state index contributed by atoms with van der Waals surface area (Å²) in [7, 11) is 2.01.